The average molecular weight is 537 g/mol. The molecule has 0 spiro atoms. The summed E-state index contributed by atoms with van der Waals surface area (Å²) in [5.41, 5.74) is 3.23. The Balaban J connectivity index is 1.45. The Hall–Kier alpha value is -3.89. The number of aryl methyl sites for hydroxylation is 1. The van der Waals surface area contributed by atoms with E-state index in [4.69, 9.17) is 0 Å². The van der Waals surface area contributed by atoms with Crippen molar-refractivity contribution in [3.05, 3.63) is 119 Å². The summed E-state index contributed by atoms with van der Waals surface area (Å²) in [6.07, 6.45) is 0.437. The largest absolute Gasteiger partial charge is 0.302 e. The van der Waals surface area contributed by atoms with Gasteiger partial charge in [-0.2, -0.15) is 9.40 Å². The fourth-order valence-corrected chi connectivity index (χ4v) is 6.20. The smallest absolute Gasteiger partial charge is 0.258 e. The monoisotopic (exact) mass is 536 g/mol. The first kappa shape index (κ1) is 25.7. The highest BCUT2D eigenvalue weighted by Crippen LogP contribution is 2.28. The number of fused-ring (bicyclic) bond motifs is 1. The van der Waals surface area contributed by atoms with Gasteiger partial charge in [0.05, 0.1) is 18.0 Å². The fraction of sp³-hybridized carbons (Fsp3) is 0.214. The van der Waals surface area contributed by atoms with Crippen molar-refractivity contribution in [2.24, 2.45) is 7.05 Å². The molecule has 1 aromatic heterocycles. The van der Waals surface area contributed by atoms with Gasteiger partial charge in [0.1, 0.15) is 11.6 Å². The highest BCUT2D eigenvalue weighted by molar-refractivity contribution is 7.88. The van der Waals surface area contributed by atoms with Crippen molar-refractivity contribution in [3.8, 4) is 0 Å². The van der Waals surface area contributed by atoms with Gasteiger partial charge in [-0.3, -0.25) is 9.48 Å². The third-order valence-corrected chi connectivity index (χ3v) is 8.47. The maximum absolute atomic E-state index is 14.2. The summed E-state index contributed by atoms with van der Waals surface area (Å²) in [4.78, 5) is 15.1. The highest BCUT2D eigenvalue weighted by atomic mass is 32.2. The number of carbonyl (C=O) groups is 1. The molecule has 1 amide bonds. The van der Waals surface area contributed by atoms with E-state index in [1.807, 2.05) is 18.2 Å². The zero-order valence-corrected chi connectivity index (χ0v) is 21.5. The van der Waals surface area contributed by atoms with Crippen LogP contribution in [0.15, 0.2) is 78.9 Å². The molecule has 0 bridgehead atoms. The molecule has 0 unspecified atom stereocenters. The van der Waals surface area contributed by atoms with Crippen molar-refractivity contribution >= 4 is 21.6 Å². The predicted molar refractivity (Wildman–Crippen MR) is 140 cm³/mol. The molecule has 0 saturated carbocycles. The van der Waals surface area contributed by atoms with Crippen molar-refractivity contribution in [2.75, 3.05) is 11.4 Å². The van der Waals surface area contributed by atoms with Gasteiger partial charge in [-0.1, -0.05) is 36.4 Å². The summed E-state index contributed by atoms with van der Waals surface area (Å²) in [6, 6.07) is 20.2. The van der Waals surface area contributed by atoms with Gasteiger partial charge in [-0.05, 0) is 42.5 Å². The molecule has 4 aromatic rings. The van der Waals surface area contributed by atoms with Crippen LogP contribution in [-0.2, 0) is 42.3 Å². The molecule has 10 heteroatoms. The summed E-state index contributed by atoms with van der Waals surface area (Å²) in [5, 5.41) is 4.64. The van der Waals surface area contributed by atoms with Crippen molar-refractivity contribution in [1.82, 2.24) is 14.1 Å². The Morgan fingerprint density at radius 1 is 0.974 bits per heavy atom. The van der Waals surface area contributed by atoms with E-state index in [-0.39, 0.29) is 31.1 Å². The third-order valence-electron chi connectivity index (χ3n) is 6.69. The summed E-state index contributed by atoms with van der Waals surface area (Å²) in [5.74, 6) is -1.78. The second-order valence-corrected chi connectivity index (χ2v) is 11.1. The number of sulfonamides is 1. The molecule has 1 aliphatic heterocycles. The average Bonchev–Trinajstić information content (AvgIpc) is 3.23. The van der Waals surface area contributed by atoms with E-state index in [1.54, 1.807) is 34.8 Å². The van der Waals surface area contributed by atoms with Crippen molar-refractivity contribution in [2.45, 2.75) is 25.3 Å². The van der Waals surface area contributed by atoms with Crippen LogP contribution in [0.3, 0.4) is 0 Å². The van der Waals surface area contributed by atoms with E-state index in [0.717, 1.165) is 11.3 Å². The lowest BCUT2D eigenvalue weighted by atomic mass is 10.1. The molecule has 0 aliphatic carbocycles. The van der Waals surface area contributed by atoms with Crippen LogP contribution in [0.1, 0.15) is 32.9 Å². The number of anilines is 1. The van der Waals surface area contributed by atoms with Crippen LogP contribution in [0.5, 0.6) is 0 Å². The number of aromatic nitrogens is 2. The second kappa shape index (κ2) is 10.5. The molecule has 1 aliphatic rings. The van der Waals surface area contributed by atoms with E-state index in [2.05, 4.69) is 5.10 Å². The van der Waals surface area contributed by atoms with Gasteiger partial charge in [0.15, 0.2) is 0 Å². The number of rotatable bonds is 7. The maximum atomic E-state index is 14.2. The van der Waals surface area contributed by atoms with Gasteiger partial charge < -0.3 is 4.90 Å². The standard InChI is InChI=1S/C28H26F2N4O3S/c1-32-27-15-16-33(38(36,37)19-21-7-5-6-10-25(21)30)17-24(27)26(31-32)18-34(23-8-3-2-4-9-23)28(35)20-11-13-22(29)14-12-20/h2-14H,15-19H2,1H3. The molecule has 2 heterocycles. The molecular formula is C28H26F2N4O3S. The van der Waals surface area contributed by atoms with Crippen LogP contribution in [0.4, 0.5) is 14.5 Å². The number of para-hydroxylation sites is 1. The number of nitrogens with zero attached hydrogens (tertiary/aromatic N) is 4. The zero-order valence-electron chi connectivity index (χ0n) is 20.7. The number of amides is 1. The number of hydrogen-bond donors (Lipinski definition) is 0. The molecular weight excluding hydrogens is 510 g/mol. The Kier molecular flexibility index (Phi) is 7.09. The van der Waals surface area contributed by atoms with Gasteiger partial charge in [-0.15, -0.1) is 0 Å². The van der Waals surface area contributed by atoms with Gasteiger partial charge in [0.25, 0.3) is 5.91 Å². The molecule has 196 valence electrons. The van der Waals surface area contributed by atoms with Gasteiger partial charge in [-0.25, -0.2) is 17.2 Å². The molecule has 5 rings (SSSR count). The lowest BCUT2D eigenvalue weighted by molar-refractivity contribution is 0.0984. The number of halogens is 2. The summed E-state index contributed by atoms with van der Waals surface area (Å²) in [7, 11) is -2.02. The minimum atomic E-state index is -3.81. The minimum absolute atomic E-state index is 0.0721. The highest BCUT2D eigenvalue weighted by Gasteiger charge is 2.32. The van der Waals surface area contributed by atoms with E-state index < -0.39 is 27.4 Å². The van der Waals surface area contributed by atoms with E-state index in [9.17, 15) is 22.0 Å². The summed E-state index contributed by atoms with van der Waals surface area (Å²) in [6.45, 7) is 0.410. The van der Waals surface area contributed by atoms with Crippen LogP contribution in [0.2, 0.25) is 0 Å². The van der Waals surface area contributed by atoms with Crippen LogP contribution in [0.25, 0.3) is 0 Å². The van der Waals surface area contributed by atoms with Gasteiger partial charge in [0.2, 0.25) is 10.0 Å². The van der Waals surface area contributed by atoms with E-state index >= 15 is 0 Å². The normalized spacial score (nSPS) is 13.8. The SMILES string of the molecule is Cn1nc(CN(C(=O)c2ccc(F)cc2)c2ccccc2)c2c1CCN(S(=O)(=O)Cc1ccccc1F)C2. The third kappa shape index (κ3) is 5.23. The van der Waals surface area contributed by atoms with Crippen molar-refractivity contribution < 1.29 is 22.0 Å². The summed E-state index contributed by atoms with van der Waals surface area (Å²) >= 11 is 0. The quantitative estimate of drug-likeness (QED) is 0.350. The maximum Gasteiger partial charge on any atom is 0.258 e. The van der Waals surface area contributed by atoms with E-state index in [0.29, 0.717) is 23.4 Å². The molecule has 0 atom stereocenters. The van der Waals surface area contributed by atoms with Crippen LogP contribution in [0, 0.1) is 11.6 Å². The lowest BCUT2D eigenvalue weighted by Gasteiger charge is -2.28. The first-order valence-corrected chi connectivity index (χ1v) is 13.7. The minimum Gasteiger partial charge on any atom is -0.302 e. The Bertz CT molecular complexity index is 1570. The topological polar surface area (TPSA) is 75.5 Å². The van der Waals surface area contributed by atoms with Crippen molar-refractivity contribution in [1.29, 1.82) is 0 Å². The van der Waals surface area contributed by atoms with Gasteiger partial charge >= 0.3 is 0 Å². The molecule has 0 radical (unpaired) electrons. The molecule has 0 saturated heterocycles. The van der Waals surface area contributed by atoms with Crippen molar-refractivity contribution in [3.63, 3.8) is 0 Å². The molecule has 7 nitrogen and oxygen atoms in total. The van der Waals surface area contributed by atoms with Crippen LogP contribution in [-0.4, -0.2) is 35.0 Å². The fourth-order valence-electron chi connectivity index (χ4n) is 4.70. The second-order valence-electron chi connectivity index (χ2n) is 9.16. The number of benzene rings is 3. The summed E-state index contributed by atoms with van der Waals surface area (Å²) < 4.78 is 57.2. The molecule has 0 fully saturated rings. The Morgan fingerprint density at radius 2 is 1.66 bits per heavy atom. The number of carbonyl (C=O) groups excluding carboxylic acids is 1. The molecule has 0 N–H and O–H groups in total. The van der Waals surface area contributed by atoms with Gasteiger partial charge in [0, 0.05) is 54.6 Å². The van der Waals surface area contributed by atoms with Crippen LogP contribution < -0.4 is 4.90 Å². The Morgan fingerprint density at radius 3 is 2.37 bits per heavy atom. The lowest BCUT2D eigenvalue weighted by Crippen LogP contribution is -2.38. The molecule has 3 aromatic carbocycles. The van der Waals surface area contributed by atoms with E-state index in [1.165, 1.54) is 46.8 Å². The first-order valence-electron chi connectivity index (χ1n) is 12.1. The zero-order chi connectivity index (χ0) is 26.9. The predicted octanol–water partition coefficient (Wildman–Crippen LogP) is 4.43. The Labute approximate surface area is 220 Å². The molecule has 38 heavy (non-hydrogen) atoms. The van der Waals surface area contributed by atoms with Crippen LogP contribution >= 0.6 is 0 Å². The number of hydrogen-bond acceptors (Lipinski definition) is 4. The first-order chi connectivity index (χ1) is 18.2.